The number of aliphatic hydroxyl groups excluding tert-OH is 2. The minimum atomic E-state index is -0.676. The number of nitrogens with one attached hydrogen (secondary N) is 1. The highest BCUT2D eigenvalue weighted by molar-refractivity contribution is 5.76. The van der Waals surface area contributed by atoms with E-state index < -0.39 is 12.1 Å². The van der Waals surface area contributed by atoms with Crippen molar-refractivity contribution in [1.29, 1.82) is 0 Å². The summed E-state index contributed by atoms with van der Waals surface area (Å²) in [4.78, 5) is 24.6. The van der Waals surface area contributed by atoms with Gasteiger partial charge < -0.3 is 20.3 Å². The Labute approximate surface area is 462 Å². The third-order valence-corrected chi connectivity index (χ3v) is 15.8. The third-order valence-electron chi connectivity index (χ3n) is 15.8. The molecular formula is C68H131NO5. The summed E-state index contributed by atoms with van der Waals surface area (Å²) in [5.41, 5.74) is 0. The van der Waals surface area contributed by atoms with Crippen molar-refractivity contribution in [1.82, 2.24) is 5.32 Å². The first kappa shape index (κ1) is 72.3. The first-order valence-corrected chi connectivity index (χ1v) is 33.6. The summed E-state index contributed by atoms with van der Waals surface area (Å²) in [5, 5.41) is 23.4. The number of carbonyl (C=O) groups is 2. The van der Waals surface area contributed by atoms with E-state index in [0.717, 1.165) is 83.5 Å². The van der Waals surface area contributed by atoms with E-state index in [1.165, 1.54) is 257 Å². The van der Waals surface area contributed by atoms with Gasteiger partial charge in [0.05, 0.1) is 25.4 Å². The smallest absolute Gasteiger partial charge is 0.305 e. The highest BCUT2D eigenvalue weighted by Crippen LogP contribution is 2.19. The van der Waals surface area contributed by atoms with E-state index in [9.17, 15) is 19.8 Å². The lowest BCUT2D eigenvalue weighted by Crippen LogP contribution is -2.45. The van der Waals surface area contributed by atoms with Crippen LogP contribution in [0.5, 0.6) is 0 Å². The maximum atomic E-state index is 12.5. The lowest BCUT2D eigenvalue weighted by molar-refractivity contribution is -0.143. The molecule has 0 radical (unpaired) electrons. The van der Waals surface area contributed by atoms with Gasteiger partial charge in [-0.25, -0.2) is 0 Å². The van der Waals surface area contributed by atoms with Crippen molar-refractivity contribution in [3.05, 3.63) is 24.3 Å². The quantitative estimate of drug-likeness (QED) is 0.0320. The molecule has 0 aromatic carbocycles. The van der Waals surface area contributed by atoms with Gasteiger partial charge in [0.25, 0.3) is 0 Å². The van der Waals surface area contributed by atoms with E-state index in [0.29, 0.717) is 25.9 Å². The zero-order chi connectivity index (χ0) is 53.6. The molecule has 0 rings (SSSR count). The summed E-state index contributed by atoms with van der Waals surface area (Å²) >= 11 is 0. The largest absolute Gasteiger partial charge is 0.466 e. The maximum Gasteiger partial charge on any atom is 0.305 e. The Bertz CT molecular complexity index is 1150. The Balaban J connectivity index is 3.46. The number of amides is 1. The zero-order valence-electron chi connectivity index (χ0n) is 50.1. The van der Waals surface area contributed by atoms with Crippen LogP contribution in [0.15, 0.2) is 24.3 Å². The predicted octanol–water partition coefficient (Wildman–Crippen LogP) is 21.4. The Morgan fingerprint density at radius 3 is 1.03 bits per heavy atom. The number of allylic oxidation sites excluding steroid dienone is 4. The molecule has 2 unspecified atom stereocenters. The second-order valence-electron chi connectivity index (χ2n) is 23.2. The normalized spacial score (nSPS) is 12.6. The Morgan fingerprint density at radius 2 is 0.676 bits per heavy atom. The van der Waals surface area contributed by atoms with E-state index >= 15 is 0 Å². The van der Waals surface area contributed by atoms with Gasteiger partial charge in [0, 0.05) is 12.8 Å². The van der Waals surface area contributed by atoms with Crippen molar-refractivity contribution in [2.45, 2.75) is 386 Å². The zero-order valence-corrected chi connectivity index (χ0v) is 50.1. The fourth-order valence-electron chi connectivity index (χ4n) is 10.6. The summed E-state index contributed by atoms with van der Waals surface area (Å²) in [6, 6.07) is -0.555. The lowest BCUT2D eigenvalue weighted by atomic mass is 10.0. The number of carbonyl (C=O) groups excluding carboxylic acids is 2. The van der Waals surface area contributed by atoms with Gasteiger partial charge >= 0.3 is 5.97 Å². The monoisotopic (exact) mass is 1040 g/mol. The summed E-state index contributed by atoms with van der Waals surface area (Å²) in [6.45, 7) is 4.95. The van der Waals surface area contributed by atoms with Crippen LogP contribution >= 0.6 is 0 Å². The van der Waals surface area contributed by atoms with Crippen molar-refractivity contribution in [2.75, 3.05) is 13.2 Å². The highest BCUT2D eigenvalue weighted by atomic mass is 16.5. The fraction of sp³-hybridized carbons (Fsp3) is 0.912. The van der Waals surface area contributed by atoms with E-state index in [2.05, 4.69) is 43.5 Å². The molecule has 0 fully saturated rings. The first-order chi connectivity index (χ1) is 36.5. The van der Waals surface area contributed by atoms with Crippen molar-refractivity contribution < 1.29 is 24.5 Å². The van der Waals surface area contributed by atoms with E-state index in [1.54, 1.807) is 0 Å². The molecule has 74 heavy (non-hydrogen) atoms. The van der Waals surface area contributed by atoms with E-state index in [1.807, 2.05) is 0 Å². The Morgan fingerprint density at radius 1 is 0.378 bits per heavy atom. The number of esters is 1. The summed E-state index contributed by atoms with van der Waals surface area (Å²) in [6.07, 6.45) is 79.2. The molecule has 0 heterocycles. The van der Waals surface area contributed by atoms with Crippen LogP contribution in [0, 0.1) is 0 Å². The third kappa shape index (κ3) is 59.6. The molecule has 0 saturated carbocycles. The van der Waals surface area contributed by atoms with Crippen molar-refractivity contribution in [3.63, 3.8) is 0 Å². The van der Waals surface area contributed by atoms with Gasteiger partial charge in [-0.2, -0.15) is 0 Å². The summed E-state index contributed by atoms with van der Waals surface area (Å²) in [5.74, 6) is -0.0569. The highest BCUT2D eigenvalue weighted by Gasteiger charge is 2.20. The molecule has 438 valence electrons. The van der Waals surface area contributed by atoms with E-state index in [4.69, 9.17) is 4.74 Å². The molecule has 0 aliphatic heterocycles. The average molecular weight is 1040 g/mol. The Hall–Kier alpha value is -1.66. The molecule has 3 N–H and O–H groups in total. The molecule has 0 saturated heterocycles. The molecule has 2 atom stereocenters. The van der Waals surface area contributed by atoms with Crippen LogP contribution in [0.25, 0.3) is 0 Å². The topological polar surface area (TPSA) is 95.9 Å². The number of rotatable bonds is 63. The number of hydrogen-bond donors (Lipinski definition) is 3. The number of unbranched alkanes of at least 4 members (excludes halogenated alkanes) is 48. The van der Waals surface area contributed by atoms with Gasteiger partial charge in [-0.15, -0.1) is 0 Å². The Kier molecular flexibility index (Phi) is 62.4. The molecule has 0 aromatic heterocycles. The summed E-state index contributed by atoms with van der Waals surface area (Å²) in [7, 11) is 0. The van der Waals surface area contributed by atoms with Crippen LogP contribution in [-0.4, -0.2) is 47.4 Å². The van der Waals surface area contributed by atoms with Crippen LogP contribution in [-0.2, 0) is 14.3 Å². The van der Waals surface area contributed by atoms with Gasteiger partial charge in [0.1, 0.15) is 0 Å². The molecule has 0 spiro atoms. The number of aliphatic hydroxyl groups is 2. The number of hydrogen-bond acceptors (Lipinski definition) is 5. The maximum absolute atomic E-state index is 12.5. The van der Waals surface area contributed by atoms with Gasteiger partial charge in [0.2, 0.25) is 5.91 Å². The molecule has 0 aliphatic carbocycles. The van der Waals surface area contributed by atoms with E-state index in [-0.39, 0.29) is 18.5 Å². The molecule has 6 nitrogen and oxygen atoms in total. The molecule has 6 heteroatoms. The first-order valence-electron chi connectivity index (χ1n) is 33.6. The fourth-order valence-corrected chi connectivity index (χ4v) is 10.6. The van der Waals surface area contributed by atoms with Gasteiger partial charge in [-0.3, -0.25) is 9.59 Å². The van der Waals surface area contributed by atoms with Crippen LogP contribution < -0.4 is 5.32 Å². The minimum Gasteiger partial charge on any atom is -0.466 e. The molecule has 0 aliphatic rings. The standard InChI is InChI=1S/C68H131NO5/c1-3-5-7-9-11-13-15-17-19-21-23-24-26-28-32-36-40-44-48-52-56-60-66(71)65(64-70)69-67(72)61-57-53-49-45-41-37-33-29-27-31-35-39-43-47-51-55-59-63-74-68(73)62-58-54-50-46-42-38-34-30-25-22-20-18-16-14-12-10-8-6-4-2/h27,31,39,43,65-66,70-71H,3-26,28-30,32-38,40-42,44-64H2,1-2H3,(H,69,72)/b31-27-,43-39-. The minimum absolute atomic E-state index is 0.00969. The molecule has 0 bridgehead atoms. The average Bonchev–Trinajstić information content (AvgIpc) is 3.40. The molecule has 0 aromatic rings. The van der Waals surface area contributed by atoms with Gasteiger partial charge in [0.15, 0.2) is 0 Å². The number of ether oxygens (including phenoxy) is 1. The van der Waals surface area contributed by atoms with Crippen LogP contribution in [0.2, 0.25) is 0 Å². The second-order valence-corrected chi connectivity index (χ2v) is 23.2. The van der Waals surface area contributed by atoms with Crippen molar-refractivity contribution in [2.24, 2.45) is 0 Å². The van der Waals surface area contributed by atoms with Crippen LogP contribution in [0.3, 0.4) is 0 Å². The van der Waals surface area contributed by atoms with Crippen LogP contribution in [0.1, 0.15) is 373 Å². The lowest BCUT2D eigenvalue weighted by Gasteiger charge is -2.22. The van der Waals surface area contributed by atoms with Crippen LogP contribution in [0.4, 0.5) is 0 Å². The SMILES string of the molecule is CCCCCCCCCCCCCCCCCCCCCCCC(O)C(CO)NC(=O)CCCCCCCCC/C=C\C/C=C\CCCCCOC(=O)CCCCCCCCCCCCCCCCCCCCC. The van der Waals surface area contributed by atoms with Gasteiger partial charge in [-0.05, 0) is 64.2 Å². The molecule has 1 amide bonds. The van der Waals surface area contributed by atoms with Crippen molar-refractivity contribution >= 4 is 11.9 Å². The molecular weight excluding hydrogens is 911 g/mol. The second kappa shape index (κ2) is 63.9. The van der Waals surface area contributed by atoms with Gasteiger partial charge in [-0.1, -0.05) is 321 Å². The summed E-state index contributed by atoms with van der Waals surface area (Å²) < 4.78 is 5.48. The predicted molar refractivity (Wildman–Crippen MR) is 324 cm³/mol. The van der Waals surface area contributed by atoms with Crippen molar-refractivity contribution in [3.8, 4) is 0 Å².